The van der Waals surface area contributed by atoms with Crippen molar-refractivity contribution in [1.29, 1.82) is 0 Å². The Balaban J connectivity index is 1.36. The van der Waals surface area contributed by atoms with Gasteiger partial charge in [0.05, 0.1) is 0 Å². The largest absolute Gasteiger partial charge is 0.484 e. The number of amides is 1. The molecule has 0 spiro atoms. The number of hydrogen-bond acceptors (Lipinski definition) is 2. The highest BCUT2D eigenvalue weighted by Crippen LogP contribution is 2.55. The van der Waals surface area contributed by atoms with Crippen LogP contribution in [0, 0.1) is 17.8 Å². The molecule has 0 atom stereocenters. The van der Waals surface area contributed by atoms with Crippen LogP contribution in [-0.2, 0) is 4.79 Å². The van der Waals surface area contributed by atoms with Crippen molar-refractivity contribution in [3.05, 3.63) is 29.3 Å². The Hall–Kier alpha value is -1.22. The van der Waals surface area contributed by atoms with Crippen LogP contribution in [0.3, 0.4) is 0 Å². The van der Waals surface area contributed by atoms with Gasteiger partial charge in [0.1, 0.15) is 5.75 Å². The number of ether oxygens (including phenoxy) is 1. The Labute approximate surface area is 136 Å². The van der Waals surface area contributed by atoms with Crippen molar-refractivity contribution in [2.45, 2.75) is 44.1 Å². The average molecular weight is 320 g/mol. The van der Waals surface area contributed by atoms with E-state index in [0.717, 1.165) is 17.8 Å². The zero-order valence-corrected chi connectivity index (χ0v) is 13.4. The zero-order chi connectivity index (χ0) is 15.2. The third kappa shape index (κ3) is 2.83. The molecule has 4 saturated carbocycles. The lowest BCUT2D eigenvalue weighted by atomic mass is 9.53. The molecule has 22 heavy (non-hydrogen) atoms. The number of benzene rings is 1. The maximum Gasteiger partial charge on any atom is 0.258 e. The van der Waals surface area contributed by atoms with E-state index in [4.69, 9.17) is 16.3 Å². The number of carbonyl (C=O) groups is 1. The van der Waals surface area contributed by atoms with Crippen molar-refractivity contribution in [1.82, 2.24) is 5.32 Å². The summed E-state index contributed by atoms with van der Waals surface area (Å²) in [5.41, 5.74) is 0.0591. The molecular weight excluding hydrogens is 298 g/mol. The van der Waals surface area contributed by atoms with Crippen LogP contribution in [0.25, 0.3) is 0 Å². The van der Waals surface area contributed by atoms with E-state index >= 15 is 0 Å². The van der Waals surface area contributed by atoms with Crippen molar-refractivity contribution >= 4 is 17.5 Å². The van der Waals surface area contributed by atoms with Gasteiger partial charge in [0.2, 0.25) is 0 Å². The van der Waals surface area contributed by atoms with E-state index in [1.54, 1.807) is 12.1 Å². The molecule has 1 aromatic rings. The molecular formula is C18H22ClNO2. The molecule has 4 heteroatoms. The second-order valence-electron chi connectivity index (χ2n) is 7.49. The molecule has 0 saturated heterocycles. The fraction of sp³-hybridized carbons (Fsp3) is 0.611. The van der Waals surface area contributed by atoms with Crippen LogP contribution < -0.4 is 10.1 Å². The highest BCUT2D eigenvalue weighted by molar-refractivity contribution is 6.30. The number of rotatable bonds is 4. The van der Waals surface area contributed by atoms with Crippen LogP contribution in [0.5, 0.6) is 5.75 Å². The quantitative estimate of drug-likeness (QED) is 0.916. The summed E-state index contributed by atoms with van der Waals surface area (Å²) in [6, 6.07) is 7.18. The molecule has 1 amide bonds. The Morgan fingerprint density at radius 3 is 2.41 bits per heavy atom. The summed E-state index contributed by atoms with van der Waals surface area (Å²) >= 11 is 5.92. The van der Waals surface area contributed by atoms with Gasteiger partial charge in [-0.1, -0.05) is 17.7 Å². The molecule has 0 aliphatic heterocycles. The van der Waals surface area contributed by atoms with Gasteiger partial charge in [-0.2, -0.15) is 0 Å². The monoisotopic (exact) mass is 319 g/mol. The van der Waals surface area contributed by atoms with Gasteiger partial charge in [0, 0.05) is 10.6 Å². The molecule has 4 bridgehead atoms. The van der Waals surface area contributed by atoms with Crippen LogP contribution in [0.2, 0.25) is 5.02 Å². The smallest absolute Gasteiger partial charge is 0.258 e. The Bertz CT molecular complexity index is 551. The molecule has 0 heterocycles. The molecule has 1 aromatic carbocycles. The molecule has 5 rings (SSSR count). The minimum Gasteiger partial charge on any atom is -0.484 e. The first-order chi connectivity index (χ1) is 10.6. The minimum absolute atomic E-state index is 0.00178. The van der Waals surface area contributed by atoms with E-state index in [-0.39, 0.29) is 18.1 Å². The fourth-order valence-electron chi connectivity index (χ4n) is 5.30. The maximum atomic E-state index is 12.3. The molecule has 4 fully saturated rings. The molecule has 4 aliphatic rings. The van der Waals surface area contributed by atoms with E-state index in [9.17, 15) is 4.79 Å². The van der Waals surface area contributed by atoms with Gasteiger partial charge in [-0.3, -0.25) is 4.79 Å². The number of hydrogen-bond donors (Lipinski definition) is 1. The van der Waals surface area contributed by atoms with E-state index in [1.165, 1.54) is 38.5 Å². The van der Waals surface area contributed by atoms with E-state index in [2.05, 4.69) is 5.32 Å². The summed E-state index contributed by atoms with van der Waals surface area (Å²) in [6.07, 6.45) is 7.65. The van der Waals surface area contributed by atoms with E-state index in [0.29, 0.717) is 10.8 Å². The van der Waals surface area contributed by atoms with Gasteiger partial charge >= 0.3 is 0 Å². The van der Waals surface area contributed by atoms with Crippen molar-refractivity contribution in [3.8, 4) is 5.75 Å². The molecule has 4 aliphatic carbocycles. The topological polar surface area (TPSA) is 38.3 Å². The average Bonchev–Trinajstić information content (AvgIpc) is 2.43. The predicted molar refractivity (Wildman–Crippen MR) is 86.0 cm³/mol. The molecule has 0 aromatic heterocycles. The third-order valence-electron chi connectivity index (χ3n) is 5.61. The van der Waals surface area contributed by atoms with Gasteiger partial charge in [0.25, 0.3) is 5.91 Å². The summed E-state index contributed by atoms with van der Waals surface area (Å²) in [5.74, 6) is 3.15. The Kier molecular flexibility index (Phi) is 3.56. The van der Waals surface area contributed by atoms with Crippen molar-refractivity contribution < 1.29 is 9.53 Å². The molecule has 118 valence electrons. The van der Waals surface area contributed by atoms with Gasteiger partial charge in [-0.05, 0) is 74.5 Å². The van der Waals surface area contributed by atoms with Gasteiger partial charge in [-0.15, -0.1) is 0 Å². The summed E-state index contributed by atoms with van der Waals surface area (Å²) in [5, 5.41) is 3.94. The number of nitrogens with one attached hydrogen (secondary N) is 1. The lowest BCUT2D eigenvalue weighted by molar-refractivity contribution is -0.128. The van der Waals surface area contributed by atoms with E-state index < -0.39 is 0 Å². The first-order valence-corrected chi connectivity index (χ1v) is 8.67. The lowest BCUT2D eigenvalue weighted by Gasteiger charge is -2.56. The molecule has 3 nitrogen and oxygen atoms in total. The molecule has 0 unspecified atom stereocenters. The summed E-state index contributed by atoms with van der Waals surface area (Å²) < 4.78 is 5.57. The minimum atomic E-state index is 0.00178. The highest BCUT2D eigenvalue weighted by atomic mass is 35.5. The molecule has 0 radical (unpaired) electrons. The van der Waals surface area contributed by atoms with Crippen molar-refractivity contribution in [3.63, 3.8) is 0 Å². The maximum absolute atomic E-state index is 12.3. The van der Waals surface area contributed by atoms with Crippen LogP contribution in [0.1, 0.15) is 38.5 Å². The summed E-state index contributed by atoms with van der Waals surface area (Å²) in [7, 11) is 0. The molecule has 1 N–H and O–H groups in total. The predicted octanol–water partition coefficient (Wildman–Crippen LogP) is 3.80. The van der Waals surface area contributed by atoms with Crippen LogP contribution in [0.15, 0.2) is 24.3 Å². The van der Waals surface area contributed by atoms with Gasteiger partial charge in [-0.25, -0.2) is 0 Å². The highest BCUT2D eigenvalue weighted by Gasteiger charge is 2.51. The SMILES string of the molecule is O=C(COc1cccc(Cl)c1)NC12CC3CC(CC(C3)C1)C2. The Morgan fingerprint density at radius 2 is 1.82 bits per heavy atom. The first kappa shape index (κ1) is 14.4. The van der Waals surface area contributed by atoms with Gasteiger partial charge in [0.15, 0.2) is 6.61 Å². The van der Waals surface area contributed by atoms with Crippen molar-refractivity contribution in [2.75, 3.05) is 6.61 Å². The fourth-order valence-corrected chi connectivity index (χ4v) is 5.48. The Morgan fingerprint density at radius 1 is 1.18 bits per heavy atom. The van der Waals surface area contributed by atoms with Crippen molar-refractivity contribution in [2.24, 2.45) is 17.8 Å². The zero-order valence-electron chi connectivity index (χ0n) is 12.7. The second kappa shape index (κ2) is 5.45. The van der Waals surface area contributed by atoms with E-state index in [1.807, 2.05) is 12.1 Å². The normalized spacial score (nSPS) is 35.4. The summed E-state index contributed by atoms with van der Waals surface area (Å²) in [6.45, 7) is 0.0715. The summed E-state index contributed by atoms with van der Waals surface area (Å²) in [4.78, 5) is 12.3. The first-order valence-electron chi connectivity index (χ1n) is 8.30. The van der Waals surface area contributed by atoms with Crippen LogP contribution >= 0.6 is 11.6 Å². The van der Waals surface area contributed by atoms with Crippen LogP contribution in [0.4, 0.5) is 0 Å². The second-order valence-corrected chi connectivity index (χ2v) is 7.93. The third-order valence-corrected chi connectivity index (χ3v) is 5.84. The standard InChI is InChI=1S/C18H22ClNO2/c19-15-2-1-3-16(7-15)22-11-17(21)20-18-8-12-4-13(9-18)6-14(5-12)10-18/h1-3,7,12-14H,4-6,8-11H2,(H,20,21). The lowest BCUT2D eigenvalue weighted by Crippen LogP contribution is -2.60. The van der Waals surface area contributed by atoms with Crippen LogP contribution in [-0.4, -0.2) is 18.1 Å². The van der Waals surface area contributed by atoms with Gasteiger partial charge < -0.3 is 10.1 Å². The number of carbonyl (C=O) groups excluding carboxylic acids is 1. The number of halogens is 1.